The lowest BCUT2D eigenvalue weighted by atomic mass is 10.2. The van der Waals surface area contributed by atoms with Gasteiger partial charge in [-0.15, -0.1) is 0 Å². The van der Waals surface area contributed by atoms with Crippen LogP contribution in [0.1, 0.15) is 138 Å². The summed E-state index contributed by atoms with van der Waals surface area (Å²) in [6, 6.07) is 0. The molecule has 4 atom stereocenters. The van der Waals surface area contributed by atoms with E-state index in [-0.39, 0.29) is 23.1 Å². The van der Waals surface area contributed by atoms with E-state index in [1.165, 1.54) is 13.8 Å². The lowest BCUT2D eigenvalue weighted by Crippen LogP contribution is -2.44. The second-order valence-corrected chi connectivity index (χ2v) is 24.8. The van der Waals surface area contributed by atoms with E-state index < -0.39 is 92.1 Å². The summed E-state index contributed by atoms with van der Waals surface area (Å²) < 4.78 is 43.7. The molecule has 414 valence electrons. The number of nitrogens with one attached hydrogen (secondary N) is 4. The molecule has 0 heterocycles. The van der Waals surface area contributed by atoms with E-state index in [4.69, 9.17) is 28.4 Å². The van der Waals surface area contributed by atoms with Crippen LogP contribution in [0.3, 0.4) is 0 Å². The maximum atomic E-state index is 11.9. The Bertz CT molecular complexity index is 1670. The number of alkyl carbamates (subject to hydrolysis) is 4. The third-order valence-electron chi connectivity index (χ3n) is 5.46. The molecular formula is C43H78N4O20S4. The number of aliphatic carboxylic acids is 1. The number of methoxy groups -OCH3 is 3. The van der Waals surface area contributed by atoms with Crippen LogP contribution in [0.2, 0.25) is 0 Å². The van der Waals surface area contributed by atoms with E-state index in [1.54, 1.807) is 83.1 Å². The Labute approximate surface area is 433 Å². The third kappa shape index (κ3) is 48.7. The Hall–Kier alpha value is -4.70. The van der Waals surface area contributed by atoms with Gasteiger partial charge in [0.25, 0.3) is 0 Å². The van der Waals surface area contributed by atoms with E-state index in [0.717, 1.165) is 42.9 Å². The molecule has 0 spiro atoms. The molecule has 0 bridgehead atoms. The lowest BCUT2D eigenvalue weighted by Gasteiger charge is -2.24. The van der Waals surface area contributed by atoms with Gasteiger partial charge in [-0.1, -0.05) is 43.2 Å². The topological polar surface area (TPSA) is 322 Å². The van der Waals surface area contributed by atoms with Gasteiger partial charge in [-0.2, -0.15) is 0 Å². The van der Waals surface area contributed by atoms with Crippen molar-refractivity contribution >= 4 is 103 Å². The molecule has 0 aliphatic carbocycles. The molecule has 0 aromatic carbocycles. The number of carbonyl (C=O) groups is 10. The molecule has 0 saturated heterocycles. The van der Waals surface area contributed by atoms with E-state index in [9.17, 15) is 53.1 Å². The molecule has 4 amide bonds. The molecule has 5 N–H and O–H groups in total. The highest BCUT2D eigenvalue weighted by Gasteiger charge is 2.33. The first-order valence-corrected chi connectivity index (χ1v) is 25.7. The summed E-state index contributed by atoms with van der Waals surface area (Å²) in [7, 11) is 6.28. The van der Waals surface area contributed by atoms with Crippen molar-refractivity contribution in [2.75, 3.05) is 21.3 Å². The number of rotatable bonds is 14. The highest BCUT2D eigenvalue weighted by Crippen LogP contribution is 2.32. The molecule has 0 aromatic rings. The standard InChI is InChI=1S/C16H28N2O8S2.C15H26N2O8S2.2C6H12O2/c1-15(2,3)25-13(21)17-9(11(19)23-7)27-28-10(12(20)24-8)18-14(22)26-16(4,5)6;1-14(2,3)24-12(21)16-8(10(18)19)26-27-9(11(20)23-7)17-13(22)25-15(4,5)6;2*1-5(7)8-6(2,3)4/h9-10H,1-8H3,(H,17,21)(H,18,22);8-9H,1-7H3,(H,16,21)(H,17,22)(H,18,19);2*1-4H3. The van der Waals surface area contributed by atoms with Crippen molar-refractivity contribution in [2.24, 2.45) is 0 Å². The van der Waals surface area contributed by atoms with Crippen molar-refractivity contribution in [1.29, 1.82) is 0 Å². The second kappa shape index (κ2) is 33.1. The number of esters is 5. The van der Waals surface area contributed by atoms with Crippen molar-refractivity contribution in [3.63, 3.8) is 0 Å². The van der Waals surface area contributed by atoms with Crippen LogP contribution in [0, 0.1) is 0 Å². The quantitative estimate of drug-likeness (QED) is 0.0488. The van der Waals surface area contributed by atoms with Crippen LogP contribution >= 0.6 is 43.2 Å². The molecule has 71 heavy (non-hydrogen) atoms. The minimum absolute atomic E-state index is 0.225. The zero-order valence-corrected chi connectivity index (χ0v) is 48.4. The number of carbonyl (C=O) groups excluding carboxylic acids is 9. The Morgan fingerprint density at radius 2 is 0.507 bits per heavy atom. The van der Waals surface area contributed by atoms with E-state index in [2.05, 4.69) is 35.5 Å². The van der Waals surface area contributed by atoms with Gasteiger partial charge in [0, 0.05) is 13.8 Å². The van der Waals surface area contributed by atoms with Gasteiger partial charge in [0.15, 0.2) is 21.5 Å². The summed E-state index contributed by atoms with van der Waals surface area (Å²) in [4.78, 5) is 115. The van der Waals surface area contributed by atoms with Gasteiger partial charge in [-0.05, 0) is 125 Å². The third-order valence-corrected chi connectivity index (χ3v) is 10.7. The van der Waals surface area contributed by atoms with E-state index in [1.807, 2.05) is 41.5 Å². The lowest BCUT2D eigenvalue weighted by molar-refractivity contribution is -0.153. The number of hydrogen-bond donors (Lipinski definition) is 5. The molecule has 0 saturated carbocycles. The smallest absolute Gasteiger partial charge is 0.409 e. The van der Waals surface area contributed by atoms with Gasteiger partial charge >= 0.3 is 60.2 Å². The Morgan fingerprint density at radius 3 is 0.634 bits per heavy atom. The van der Waals surface area contributed by atoms with Crippen molar-refractivity contribution < 1.29 is 95.7 Å². The molecule has 0 aromatic heterocycles. The SMILES string of the molecule is CC(=O)OC(C)(C)C.CC(=O)OC(C)(C)C.COC(=O)C(NC(=O)OC(C)(C)C)SSC(NC(=O)OC(C)(C)C)C(=O)O.COC(=O)C(NC(=O)OC(C)(C)C)SSC(NC(=O)OC(C)(C)C)C(=O)OC. The van der Waals surface area contributed by atoms with Crippen molar-refractivity contribution in [1.82, 2.24) is 21.3 Å². The second-order valence-electron chi connectivity index (χ2n) is 19.8. The number of ether oxygens (including phenoxy) is 9. The number of carboxylic acids is 1. The van der Waals surface area contributed by atoms with Gasteiger partial charge in [-0.3, -0.25) is 30.9 Å². The molecule has 0 aliphatic heterocycles. The molecule has 0 aliphatic rings. The summed E-state index contributed by atoms with van der Waals surface area (Å²) in [6.45, 7) is 33.7. The highest BCUT2D eigenvalue weighted by atomic mass is 33.1. The highest BCUT2D eigenvalue weighted by molar-refractivity contribution is 8.77. The molecule has 28 heteroatoms. The first-order valence-electron chi connectivity index (χ1n) is 21.1. The Balaban J connectivity index is -0.000000483. The number of amides is 4. The molecule has 0 fully saturated rings. The van der Waals surface area contributed by atoms with Crippen LogP contribution in [0.4, 0.5) is 19.2 Å². The van der Waals surface area contributed by atoms with Crippen LogP contribution in [0.5, 0.6) is 0 Å². The van der Waals surface area contributed by atoms with Gasteiger partial charge in [0.05, 0.1) is 21.3 Å². The first-order chi connectivity index (χ1) is 31.7. The summed E-state index contributed by atoms with van der Waals surface area (Å²) in [5.41, 5.74) is -3.79. The van der Waals surface area contributed by atoms with E-state index in [0.29, 0.717) is 21.6 Å². The Kier molecular flexibility index (Phi) is 34.0. The average molecular weight is 1100 g/mol. The van der Waals surface area contributed by atoms with Crippen LogP contribution in [0.25, 0.3) is 0 Å². The minimum Gasteiger partial charge on any atom is -0.479 e. The molecule has 24 nitrogen and oxygen atoms in total. The fraction of sp³-hybridized carbons (Fsp3) is 0.767. The van der Waals surface area contributed by atoms with Crippen molar-refractivity contribution in [2.45, 2.75) is 194 Å². The van der Waals surface area contributed by atoms with E-state index >= 15 is 0 Å². The number of carboxylic acid groups (broad SMARTS) is 1. The van der Waals surface area contributed by atoms with Crippen LogP contribution < -0.4 is 21.3 Å². The van der Waals surface area contributed by atoms with Gasteiger partial charge in [0.2, 0.25) is 0 Å². The number of hydrogen-bond acceptors (Lipinski definition) is 23. The van der Waals surface area contributed by atoms with Gasteiger partial charge < -0.3 is 47.7 Å². The zero-order chi connectivity index (χ0) is 57.1. The summed E-state index contributed by atoms with van der Waals surface area (Å²) in [5.74, 6) is -4.18. The predicted molar refractivity (Wildman–Crippen MR) is 270 cm³/mol. The minimum atomic E-state index is -1.43. The Morgan fingerprint density at radius 1 is 0.338 bits per heavy atom. The summed E-state index contributed by atoms with van der Waals surface area (Å²) >= 11 is 0. The first kappa shape index (κ1) is 72.8. The van der Waals surface area contributed by atoms with Crippen LogP contribution in [-0.4, -0.2) is 142 Å². The summed E-state index contributed by atoms with van der Waals surface area (Å²) in [5, 5.41) is 13.3. The normalized spacial score (nSPS) is 13.1. The van der Waals surface area contributed by atoms with Crippen LogP contribution in [-0.2, 0) is 71.4 Å². The monoisotopic (exact) mass is 1100 g/mol. The van der Waals surface area contributed by atoms with Crippen molar-refractivity contribution in [3.05, 3.63) is 0 Å². The molecule has 0 radical (unpaired) electrons. The predicted octanol–water partition coefficient (Wildman–Crippen LogP) is 7.44. The van der Waals surface area contributed by atoms with Gasteiger partial charge in [-0.25, -0.2) is 38.4 Å². The maximum Gasteiger partial charge on any atom is 0.409 e. The van der Waals surface area contributed by atoms with Crippen LogP contribution in [0.15, 0.2) is 0 Å². The van der Waals surface area contributed by atoms with Crippen molar-refractivity contribution in [3.8, 4) is 0 Å². The largest absolute Gasteiger partial charge is 0.479 e. The molecule has 0 rings (SSSR count). The fourth-order valence-corrected chi connectivity index (χ4v) is 8.05. The molecular weight excluding hydrogens is 1020 g/mol. The fourth-order valence-electron chi connectivity index (χ4n) is 3.56. The zero-order valence-electron chi connectivity index (χ0n) is 45.1. The summed E-state index contributed by atoms with van der Waals surface area (Å²) in [6.07, 6.45) is -3.49. The maximum absolute atomic E-state index is 11.9. The average Bonchev–Trinajstić information content (AvgIpc) is 3.11. The molecule has 4 unspecified atom stereocenters. The van der Waals surface area contributed by atoms with Gasteiger partial charge in [0.1, 0.15) is 33.6 Å².